The molecule has 0 aromatic carbocycles. The Balaban J connectivity index is 1.88. The highest BCUT2D eigenvalue weighted by molar-refractivity contribution is 6.00. The topological polar surface area (TPSA) is 105 Å². The average molecular weight is 325 g/mol. The van der Waals surface area contributed by atoms with Crippen LogP contribution in [0.15, 0.2) is 30.7 Å². The minimum atomic E-state index is -0.246. The summed E-state index contributed by atoms with van der Waals surface area (Å²) in [5.74, 6) is 1.65. The summed E-state index contributed by atoms with van der Waals surface area (Å²) in [6, 6.07) is 3.63. The lowest BCUT2D eigenvalue weighted by atomic mass is 10.3. The second kappa shape index (κ2) is 5.69. The molecule has 9 nitrogen and oxygen atoms in total. The first kappa shape index (κ1) is 14.2. The van der Waals surface area contributed by atoms with Crippen LogP contribution in [-0.4, -0.2) is 45.7 Å². The Labute approximate surface area is 137 Å². The third-order valence-electron chi connectivity index (χ3n) is 3.61. The molecule has 0 saturated carbocycles. The first-order valence-electron chi connectivity index (χ1n) is 7.44. The van der Waals surface area contributed by atoms with Gasteiger partial charge in [0, 0.05) is 19.2 Å². The maximum Gasteiger partial charge on any atom is 0.256 e. The van der Waals surface area contributed by atoms with Crippen LogP contribution in [0.1, 0.15) is 10.4 Å². The van der Waals surface area contributed by atoms with Gasteiger partial charge in [0.2, 0.25) is 0 Å². The number of carbonyl (C=O) groups excluding carboxylic acids is 1. The summed E-state index contributed by atoms with van der Waals surface area (Å²) in [6.07, 6.45) is 4.80. The summed E-state index contributed by atoms with van der Waals surface area (Å²) in [5.41, 5.74) is 1.61. The summed E-state index contributed by atoms with van der Waals surface area (Å²) >= 11 is 0. The van der Waals surface area contributed by atoms with E-state index in [-0.39, 0.29) is 5.91 Å². The average Bonchev–Trinajstić information content (AvgIpc) is 3.01. The van der Waals surface area contributed by atoms with Crippen molar-refractivity contribution in [3.8, 4) is 5.75 Å². The van der Waals surface area contributed by atoms with Crippen molar-refractivity contribution in [1.82, 2.24) is 24.9 Å². The largest absolute Gasteiger partial charge is 0.490 e. The van der Waals surface area contributed by atoms with Crippen LogP contribution in [-0.2, 0) is 0 Å². The van der Waals surface area contributed by atoms with Gasteiger partial charge in [-0.2, -0.15) is 9.61 Å². The SMILES string of the molecule is CNc1cc2nc3c(cnn13)C(=O)NCCOc1cncc(c1)N2. The fourth-order valence-corrected chi connectivity index (χ4v) is 2.51. The van der Waals surface area contributed by atoms with Gasteiger partial charge in [-0.25, -0.2) is 4.98 Å². The molecule has 9 heteroatoms. The summed E-state index contributed by atoms with van der Waals surface area (Å²) in [7, 11) is 1.78. The summed E-state index contributed by atoms with van der Waals surface area (Å²) in [4.78, 5) is 21.0. The molecule has 4 heterocycles. The first-order chi connectivity index (χ1) is 11.7. The molecule has 0 spiro atoms. The zero-order valence-electron chi connectivity index (χ0n) is 12.9. The van der Waals surface area contributed by atoms with E-state index >= 15 is 0 Å². The van der Waals surface area contributed by atoms with Crippen LogP contribution in [0.3, 0.4) is 0 Å². The van der Waals surface area contributed by atoms with E-state index in [9.17, 15) is 4.79 Å². The predicted molar refractivity (Wildman–Crippen MR) is 87.9 cm³/mol. The summed E-state index contributed by atoms with van der Waals surface area (Å²) < 4.78 is 7.18. The van der Waals surface area contributed by atoms with E-state index in [2.05, 4.69) is 31.0 Å². The van der Waals surface area contributed by atoms with E-state index < -0.39 is 0 Å². The minimum absolute atomic E-state index is 0.246. The Kier molecular flexibility index (Phi) is 3.38. The molecule has 4 bridgehead atoms. The Bertz CT molecular complexity index is 921. The van der Waals surface area contributed by atoms with Crippen molar-refractivity contribution in [2.75, 3.05) is 30.8 Å². The van der Waals surface area contributed by atoms with E-state index in [4.69, 9.17) is 4.74 Å². The number of hydrogen-bond donors (Lipinski definition) is 3. The van der Waals surface area contributed by atoms with Gasteiger partial charge in [-0.3, -0.25) is 9.78 Å². The highest BCUT2D eigenvalue weighted by Gasteiger charge is 2.17. The maximum absolute atomic E-state index is 12.4. The lowest BCUT2D eigenvalue weighted by molar-refractivity contribution is 0.0948. The molecule has 0 atom stereocenters. The molecule has 24 heavy (non-hydrogen) atoms. The van der Waals surface area contributed by atoms with Crippen LogP contribution >= 0.6 is 0 Å². The van der Waals surface area contributed by atoms with Gasteiger partial charge in [0.05, 0.1) is 30.8 Å². The molecule has 3 N–H and O–H groups in total. The van der Waals surface area contributed by atoms with E-state index in [1.807, 2.05) is 6.07 Å². The fourth-order valence-electron chi connectivity index (χ4n) is 2.51. The van der Waals surface area contributed by atoms with Crippen molar-refractivity contribution in [2.24, 2.45) is 0 Å². The quantitative estimate of drug-likeness (QED) is 0.613. The second-order valence-corrected chi connectivity index (χ2v) is 5.21. The monoisotopic (exact) mass is 325 g/mol. The third kappa shape index (κ3) is 2.45. The summed E-state index contributed by atoms with van der Waals surface area (Å²) in [6.45, 7) is 0.709. The standard InChI is InChI=1S/C15H15N7O2/c1-16-13-5-12-20-9-4-10(7-17-6-9)24-3-2-18-15(23)11-8-19-22(13)14(11)21-12/h4-8,16H,2-3H2,1H3,(H,18,23)(H,20,21). The minimum Gasteiger partial charge on any atom is -0.490 e. The van der Waals surface area contributed by atoms with Crippen LogP contribution in [0.4, 0.5) is 17.3 Å². The molecule has 0 radical (unpaired) electrons. The zero-order valence-corrected chi connectivity index (χ0v) is 12.9. The molecule has 0 saturated heterocycles. The van der Waals surface area contributed by atoms with Gasteiger partial charge >= 0.3 is 0 Å². The van der Waals surface area contributed by atoms with Crippen molar-refractivity contribution in [2.45, 2.75) is 0 Å². The highest BCUT2D eigenvalue weighted by Crippen LogP contribution is 2.23. The maximum atomic E-state index is 12.4. The normalized spacial score (nSPS) is 14.0. The number of anilines is 3. The second-order valence-electron chi connectivity index (χ2n) is 5.21. The van der Waals surface area contributed by atoms with Gasteiger partial charge in [-0.1, -0.05) is 0 Å². The Morgan fingerprint density at radius 2 is 2.21 bits per heavy atom. The van der Waals surface area contributed by atoms with E-state index in [1.54, 1.807) is 30.0 Å². The Hall–Kier alpha value is -3.36. The molecule has 3 aromatic heterocycles. The lowest BCUT2D eigenvalue weighted by Gasteiger charge is -2.10. The lowest BCUT2D eigenvalue weighted by Crippen LogP contribution is -2.28. The molecule has 3 aromatic rings. The van der Waals surface area contributed by atoms with Crippen molar-refractivity contribution in [3.63, 3.8) is 0 Å². The van der Waals surface area contributed by atoms with Crippen molar-refractivity contribution in [1.29, 1.82) is 0 Å². The van der Waals surface area contributed by atoms with Gasteiger partial charge in [-0.05, 0) is 0 Å². The Morgan fingerprint density at radius 1 is 1.29 bits per heavy atom. The number of pyridine rings is 1. The van der Waals surface area contributed by atoms with Gasteiger partial charge in [0.1, 0.15) is 29.6 Å². The molecule has 1 aliphatic rings. The number of ether oxygens (including phenoxy) is 1. The molecule has 0 fully saturated rings. The van der Waals surface area contributed by atoms with Crippen LogP contribution in [0.2, 0.25) is 0 Å². The summed E-state index contributed by atoms with van der Waals surface area (Å²) in [5, 5.41) is 13.3. The number of aromatic nitrogens is 4. The molecule has 1 aliphatic heterocycles. The Morgan fingerprint density at radius 3 is 3.08 bits per heavy atom. The van der Waals surface area contributed by atoms with E-state index in [0.717, 1.165) is 5.69 Å². The molecule has 1 amide bonds. The molecular weight excluding hydrogens is 310 g/mol. The van der Waals surface area contributed by atoms with Gasteiger partial charge in [0.25, 0.3) is 5.91 Å². The van der Waals surface area contributed by atoms with Crippen molar-refractivity contribution < 1.29 is 9.53 Å². The number of fused-ring (bicyclic) bond motifs is 3. The number of nitrogens with one attached hydrogen (secondary N) is 3. The van der Waals surface area contributed by atoms with Crippen molar-refractivity contribution >= 4 is 28.9 Å². The van der Waals surface area contributed by atoms with Crippen molar-refractivity contribution in [3.05, 3.63) is 36.3 Å². The predicted octanol–water partition coefficient (Wildman–Crippen LogP) is 1.03. The molecule has 0 unspecified atom stereocenters. The van der Waals surface area contributed by atoms with E-state index in [0.29, 0.717) is 41.7 Å². The molecule has 0 aliphatic carbocycles. The van der Waals surface area contributed by atoms with E-state index in [1.165, 1.54) is 6.20 Å². The number of nitrogens with zero attached hydrogens (tertiary/aromatic N) is 4. The van der Waals surface area contributed by atoms with Crippen LogP contribution < -0.4 is 20.7 Å². The van der Waals surface area contributed by atoms with Crippen LogP contribution in [0.5, 0.6) is 5.75 Å². The smallest absolute Gasteiger partial charge is 0.256 e. The third-order valence-corrected chi connectivity index (χ3v) is 3.61. The zero-order chi connectivity index (χ0) is 16.5. The molecular formula is C15H15N7O2. The van der Waals surface area contributed by atoms with Crippen LogP contribution in [0.25, 0.3) is 5.65 Å². The van der Waals surface area contributed by atoms with Gasteiger partial charge in [0.15, 0.2) is 5.65 Å². The number of hydrogen-bond acceptors (Lipinski definition) is 7. The van der Waals surface area contributed by atoms with Crippen LogP contribution in [0, 0.1) is 0 Å². The first-order valence-corrected chi connectivity index (χ1v) is 7.44. The van der Waals surface area contributed by atoms with Gasteiger partial charge < -0.3 is 20.7 Å². The fraction of sp³-hybridized carbons (Fsp3) is 0.200. The molecule has 4 rings (SSSR count). The highest BCUT2D eigenvalue weighted by atomic mass is 16.5. The van der Waals surface area contributed by atoms with Gasteiger partial charge in [-0.15, -0.1) is 0 Å². The molecule has 122 valence electrons. The number of rotatable bonds is 1. The number of amides is 1. The number of carbonyl (C=O) groups is 1.